The van der Waals surface area contributed by atoms with Crippen LogP contribution in [0.2, 0.25) is 0 Å². The van der Waals surface area contributed by atoms with Crippen LogP contribution in [0.1, 0.15) is 43.7 Å². The second kappa shape index (κ2) is 6.96. The number of rotatable bonds is 5. The molecule has 0 bridgehead atoms. The fraction of sp³-hybridized carbons (Fsp3) is 0.650. The molecule has 136 valence electrons. The Bertz CT molecular complexity index is 644. The molecule has 5 nitrogen and oxygen atoms in total. The molecule has 1 aromatic rings. The lowest BCUT2D eigenvalue weighted by atomic mass is 9.85. The van der Waals surface area contributed by atoms with E-state index in [0.717, 1.165) is 23.4 Å². The molecule has 1 aromatic carbocycles. The fourth-order valence-corrected chi connectivity index (χ4v) is 4.52. The van der Waals surface area contributed by atoms with Crippen LogP contribution >= 0.6 is 0 Å². The van der Waals surface area contributed by atoms with Crippen LogP contribution < -0.4 is 16.0 Å². The quantitative estimate of drug-likeness (QED) is 0.658. The zero-order valence-corrected chi connectivity index (χ0v) is 14.9. The second-order valence-corrected chi connectivity index (χ2v) is 7.98. The molecule has 2 aliphatic heterocycles. The van der Waals surface area contributed by atoms with Gasteiger partial charge in [0, 0.05) is 29.8 Å². The Morgan fingerprint density at radius 3 is 2.92 bits per heavy atom. The molecular formula is C20H29N3O2. The zero-order chi connectivity index (χ0) is 17.4. The van der Waals surface area contributed by atoms with Crippen molar-refractivity contribution in [2.75, 3.05) is 11.9 Å². The highest BCUT2D eigenvalue weighted by Gasteiger charge is 2.41. The number of carbonyl (C=O) groups excluding carboxylic acids is 1. The van der Waals surface area contributed by atoms with E-state index in [1.165, 1.54) is 25.7 Å². The number of fused-ring (bicyclic) bond motifs is 1. The first-order valence-corrected chi connectivity index (χ1v) is 9.69. The van der Waals surface area contributed by atoms with Crippen molar-refractivity contribution in [3.63, 3.8) is 0 Å². The van der Waals surface area contributed by atoms with Crippen molar-refractivity contribution in [1.82, 2.24) is 10.6 Å². The first kappa shape index (κ1) is 16.9. The van der Waals surface area contributed by atoms with Gasteiger partial charge < -0.3 is 21.1 Å². The average molecular weight is 343 g/mol. The molecule has 1 amide bonds. The maximum atomic E-state index is 12.9. The highest BCUT2D eigenvalue weighted by Crippen LogP contribution is 2.37. The Kier molecular flexibility index (Phi) is 4.69. The van der Waals surface area contributed by atoms with E-state index in [1.807, 2.05) is 18.2 Å². The van der Waals surface area contributed by atoms with Crippen LogP contribution in [0, 0.1) is 11.8 Å². The number of aliphatic hydroxyl groups is 1. The molecule has 1 aliphatic carbocycles. The molecule has 4 atom stereocenters. The first-order chi connectivity index (χ1) is 12.2. The van der Waals surface area contributed by atoms with Crippen molar-refractivity contribution in [3.05, 3.63) is 29.3 Å². The number of aliphatic hydroxyl groups excluding tert-OH is 1. The summed E-state index contributed by atoms with van der Waals surface area (Å²) in [7, 11) is 0. The molecule has 0 aromatic heterocycles. The van der Waals surface area contributed by atoms with Crippen molar-refractivity contribution in [2.45, 2.75) is 63.8 Å². The maximum absolute atomic E-state index is 12.9. The Balaban J connectivity index is 1.44. The van der Waals surface area contributed by atoms with E-state index in [9.17, 15) is 9.90 Å². The number of amides is 1. The number of benzene rings is 1. The molecular weight excluding hydrogens is 314 g/mol. The topological polar surface area (TPSA) is 73.4 Å². The summed E-state index contributed by atoms with van der Waals surface area (Å²) in [6, 6.07) is 6.30. The van der Waals surface area contributed by atoms with Crippen LogP contribution in [0.3, 0.4) is 0 Å². The van der Waals surface area contributed by atoms with Crippen molar-refractivity contribution in [2.24, 2.45) is 11.8 Å². The van der Waals surface area contributed by atoms with Crippen molar-refractivity contribution < 1.29 is 9.90 Å². The summed E-state index contributed by atoms with van der Waals surface area (Å²) in [5.74, 6) is 1.32. The van der Waals surface area contributed by atoms with Gasteiger partial charge in [0.1, 0.15) is 6.04 Å². The van der Waals surface area contributed by atoms with E-state index in [0.29, 0.717) is 24.3 Å². The summed E-state index contributed by atoms with van der Waals surface area (Å²) in [6.07, 6.45) is 5.61. The molecule has 4 N–H and O–H groups in total. The zero-order valence-electron chi connectivity index (χ0n) is 14.9. The third-order valence-corrected chi connectivity index (χ3v) is 6.12. The summed E-state index contributed by atoms with van der Waals surface area (Å²) < 4.78 is 0. The number of hydrogen-bond acceptors (Lipinski definition) is 4. The lowest BCUT2D eigenvalue weighted by Crippen LogP contribution is -2.58. The molecule has 2 fully saturated rings. The van der Waals surface area contributed by atoms with Gasteiger partial charge >= 0.3 is 0 Å². The molecule has 1 saturated heterocycles. The summed E-state index contributed by atoms with van der Waals surface area (Å²) in [6.45, 7) is 3.36. The lowest BCUT2D eigenvalue weighted by molar-refractivity contribution is -0.123. The minimum atomic E-state index is -0.233. The van der Waals surface area contributed by atoms with Gasteiger partial charge in [-0.05, 0) is 49.6 Å². The number of piperidine rings is 1. The minimum Gasteiger partial charge on any atom is -0.392 e. The molecule has 2 heterocycles. The Labute approximate surface area is 149 Å². The van der Waals surface area contributed by atoms with E-state index < -0.39 is 0 Å². The Morgan fingerprint density at radius 2 is 2.20 bits per heavy atom. The molecule has 1 saturated carbocycles. The van der Waals surface area contributed by atoms with Gasteiger partial charge in [-0.25, -0.2) is 0 Å². The van der Waals surface area contributed by atoms with Crippen LogP contribution in [-0.4, -0.2) is 35.7 Å². The molecule has 0 spiro atoms. The second-order valence-electron chi connectivity index (χ2n) is 7.98. The van der Waals surface area contributed by atoms with Crippen molar-refractivity contribution >= 4 is 11.6 Å². The van der Waals surface area contributed by atoms with E-state index in [1.54, 1.807) is 0 Å². The molecule has 5 heteroatoms. The van der Waals surface area contributed by atoms with Gasteiger partial charge in [0.05, 0.1) is 6.61 Å². The molecule has 25 heavy (non-hydrogen) atoms. The molecule has 4 unspecified atom stereocenters. The largest absolute Gasteiger partial charge is 0.392 e. The van der Waals surface area contributed by atoms with Crippen LogP contribution in [0.5, 0.6) is 0 Å². The monoisotopic (exact) mass is 343 g/mol. The molecule has 0 radical (unpaired) electrons. The number of anilines is 1. The minimum absolute atomic E-state index is 0.00127. The van der Waals surface area contributed by atoms with Gasteiger partial charge in [-0.1, -0.05) is 25.1 Å². The number of nitrogens with one attached hydrogen (secondary N) is 3. The van der Waals surface area contributed by atoms with E-state index in [4.69, 9.17) is 0 Å². The number of para-hydroxylation sites is 1. The van der Waals surface area contributed by atoms with Gasteiger partial charge in [-0.3, -0.25) is 4.79 Å². The highest BCUT2D eigenvalue weighted by atomic mass is 16.3. The number of hydrogen-bond donors (Lipinski definition) is 4. The van der Waals surface area contributed by atoms with Gasteiger partial charge in [-0.15, -0.1) is 0 Å². The van der Waals surface area contributed by atoms with E-state index in [-0.39, 0.29) is 24.6 Å². The smallest absolute Gasteiger partial charge is 0.243 e. The Hall–Kier alpha value is -1.59. The van der Waals surface area contributed by atoms with E-state index in [2.05, 4.69) is 22.9 Å². The normalized spacial score (nSPS) is 29.6. The average Bonchev–Trinajstić information content (AvgIpc) is 3.37. The SMILES string of the molecule is CC1CCCNC1C(NC(=O)C1Cc2cccc(CO)c2N1)C1CC1. The van der Waals surface area contributed by atoms with Gasteiger partial charge in [-0.2, -0.15) is 0 Å². The molecule has 4 rings (SSSR count). The van der Waals surface area contributed by atoms with Gasteiger partial charge in [0.25, 0.3) is 0 Å². The van der Waals surface area contributed by atoms with Crippen LogP contribution in [0.15, 0.2) is 18.2 Å². The van der Waals surface area contributed by atoms with Crippen molar-refractivity contribution in [1.29, 1.82) is 0 Å². The van der Waals surface area contributed by atoms with Crippen LogP contribution in [0.4, 0.5) is 5.69 Å². The first-order valence-electron chi connectivity index (χ1n) is 9.69. The third kappa shape index (κ3) is 3.40. The predicted octanol–water partition coefficient (Wildman–Crippen LogP) is 1.80. The molecule has 3 aliphatic rings. The fourth-order valence-electron chi connectivity index (χ4n) is 4.52. The van der Waals surface area contributed by atoms with Crippen molar-refractivity contribution in [3.8, 4) is 0 Å². The third-order valence-electron chi connectivity index (χ3n) is 6.12. The van der Waals surface area contributed by atoms with Crippen LogP contribution in [-0.2, 0) is 17.8 Å². The highest BCUT2D eigenvalue weighted by molar-refractivity contribution is 5.88. The summed E-state index contributed by atoms with van der Waals surface area (Å²) >= 11 is 0. The Morgan fingerprint density at radius 1 is 1.36 bits per heavy atom. The predicted molar refractivity (Wildman–Crippen MR) is 98.3 cm³/mol. The van der Waals surface area contributed by atoms with Gasteiger partial charge in [0.2, 0.25) is 5.91 Å². The lowest BCUT2D eigenvalue weighted by Gasteiger charge is -2.37. The summed E-state index contributed by atoms with van der Waals surface area (Å²) in [5, 5.41) is 19.9. The summed E-state index contributed by atoms with van der Waals surface area (Å²) in [5.41, 5.74) is 2.94. The summed E-state index contributed by atoms with van der Waals surface area (Å²) in [4.78, 5) is 12.9. The standard InChI is InChI=1S/C20H29N3O2/c1-12-4-3-9-21-17(12)19(13-7-8-13)23-20(25)16-10-14-5-2-6-15(11-24)18(14)22-16/h2,5-6,12-13,16-17,19,21-22,24H,3-4,7-11H2,1H3,(H,23,25). The van der Waals surface area contributed by atoms with Crippen LogP contribution in [0.25, 0.3) is 0 Å². The van der Waals surface area contributed by atoms with E-state index >= 15 is 0 Å². The number of carbonyl (C=O) groups is 1. The van der Waals surface area contributed by atoms with Gasteiger partial charge in [0.15, 0.2) is 0 Å². The maximum Gasteiger partial charge on any atom is 0.243 e.